The molecule has 30 heavy (non-hydrogen) atoms. The number of aryl methyl sites for hydroxylation is 1. The zero-order valence-corrected chi connectivity index (χ0v) is 16.4. The molecule has 2 aromatic carbocycles. The molecule has 0 aliphatic carbocycles. The van der Waals surface area contributed by atoms with Gasteiger partial charge in [-0.05, 0) is 25.1 Å². The molecule has 1 aliphatic rings. The van der Waals surface area contributed by atoms with Crippen LogP contribution in [0.5, 0.6) is 0 Å². The zero-order chi connectivity index (χ0) is 21.3. The summed E-state index contributed by atoms with van der Waals surface area (Å²) in [5, 5.41) is 11.2. The van der Waals surface area contributed by atoms with E-state index in [0.29, 0.717) is 48.9 Å². The van der Waals surface area contributed by atoms with Crippen LogP contribution in [-0.2, 0) is 0 Å². The number of imidazole rings is 1. The summed E-state index contributed by atoms with van der Waals surface area (Å²) in [6.45, 7) is 3.55. The molecule has 154 valence electrons. The molecule has 0 N–H and O–H groups in total. The van der Waals surface area contributed by atoms with Crippen molar-refractivity contribution in [3.05, 3.63) is 81.9 Å². The first-order chi connectivity index (χ1) is 14.5. The van der Waals surface area contributed by atoms with Crippen LogP contribution >= 0.6 is 0 Å². The predicted molar refractivity (Wildman–Crippen MR) is 109 cm³/mol. The van der Waals surface area contributed by atoms with E-state index in [0.717, 1.165) is 0 Å². The summed E-state index contributed by atoms with van der Waals surface area (Å²) in [5.41, 5.74) is 1.16. The summed E-state index contributed by atoms with van der Waals surface area (Å²) in [4.78, 5) is 31.5. The van der Waals surface area contributed by atoms with E-state index in [1.165, 1.54) is 12.1 Å². The SMILES string of the molecule is Cc1ccc(C(=O)N2CCN(c3nccn3-c3ccccc3F)CC2)cc1[N+](=O)[O-]. The number of nitro groups is 1. The summed E-state index contributed by atoms with van der Waals surface area (Å²) in [7, 11) is 0. The Labute approximate surface area is 172 Å². The molecule has 2 heterocycles. The van der Waals surface area contributed by atoms with Crippen LogP contribution in [0, 0.1) is 22.9 Å². The molecular weight excluding hydrogens is 389 g/mol. The second kappa shape index (κ2) is 7.94. The number of para-hydroxylation sites is 1. The molecule has 9 heteroatoms. The molecule has 0 unspecified atom stereocenters. The van der Waals surface area contributed by atoms with Crippen molar-refractivity contribution < 1.29 is 14.1 Å². The lowest BCUT2D eigenvalue weighted by Gasteiger charge is -2.35. The van der Waals surface area contributed by atoms with Gasteiger partial charge in [-0.1, -0.05) is 18.2 Å². The first kappa shape index (κ1) is 19.6. The van der Waals surface area contributed by atoms with E-state index in [9.17, 15) is 19.3 Å². The topological polar surface area (TPSA) is 84.5 Å². The summed E-state index contributed by atoms with van der Waals surface area (Å²) in [5.74, 6) is 0.0277. The monoisotopic (exact) mass is 409 g/mol. The van der Waals surface area contributed by atoms with E-state index >= 15 is 0 Å². The summed E-state index contributed by atoms with van der Waals surface area (Å²) >= 11 is 0. The fourth-order valence-electron chi connectivity index (χ4n) is 3.60. The standard InChI is InChI=1S/C21H20FN5O3/c1-15-6-7-16(14-19(15)27(29)30)20(28)24-10-12-25(13-11-24)21-23-8-9-26(21)18-5-3-2-4-17(18)22/h2-9,14H,10-13H2,1H3. The molecule has 3 aromatic rings. The van der Waals surface area contributed by atoms with Gasteiger partial charge in [0.2, 0.25) is 5.95 Å². The molecule has 0 spiro atoms. The number of aromatic nitrogens is 2. The second-order valence-electron chi connectivity index (χ2n) is 7.09. The van der Waals surface area contributed by atoms with Crippen LogP contribution in [0.2, 0.25) is 0 Å². The van der Waals surface area contributed by atoms with Crippen molar-refractivity contribution in [1.29, 1.82) is 0 Å². The Hall–Kier alpha value is -3.75. The average molecular weight is 409 g/mol. The zero-order valence-electron chi connectivity index (χ0n) is 16.4. The van der Waals surface area contributed by atoms with Crippen LogP contribution in [0.4, 0.5) is 16.0 Å². The van der Waals surface area contributed by atoms with E-state index in [1.54, 1.807) is 59.1 Å². The van der Waals surface area contributed by atoms with Gasteiger partial charge in [0.1, 0.15) is 5.82 Å². The highest BCUT2D eigenvalue weighted by atomic mass is 19.1. The number of carbonyl (C=O) groups is 1. The fourth-order valence-corrected chi connectivity index (χ4v) is 3.60. The van der Waals surface area contributed by atoms with Crippen LogP contribution in [0.3, 0.4) is 0 Å². The Morgan fingerprint density at radius 3 is 2.57 bits per heavy atom. The van der Waals surface area contributed by atoms with E-state index in [1.807, 2.05) is 4.90 Å². The number of carbonyl (C=O) groups excluding carboxylic acids is 1. The number of rotatable bonds is 4. The second-order valence-corrected chi connectivity index (χ2v) is 7.09. The average Bonchev–Trinajstić information content (AvgIpc) is 3.23. The number of hydrogen-bond acceptors (Lipinski definition) is 5. The number of piperazine rings is 1. The van der Waals surface area contributed by atoms with Crippen LogP contribution in [0.15, 0.2) is 54.9 Å². The van der Waals surface area contributed by atoms with Gasteiger partial charge in [0, 0.05) is 55.8 Å². The van der Waals surface area contributed by atoms with Crippen molar-refractivity contribution in [3.8, 4) is 5.69 Å². The van der Waals surface area contributed by atoms with E-state index < -0.39 is 4.92 Å². The highest BCUT2D eigenvalue weighted by Gasteiger charge is 2.26. The highest BCUT2D eigenvalue weighted by Crippen LogP contribution is 2.23. The fraction of sp³-hybridized carbons (Fsp3) is 0.238. The highest BCUT2D eigenvalue weighted by molar-refractivity contribution is 5.95. The molecular formula is C21H20FN5O3. The minimum atomic E-state index is -0.480. The number of nitrogens with zero attached hydrogens (tertiary/aromatic N) is 5. The Kier molecular flexibility index (Phi) is 5.18. The van der Waals surface area contributed by atoms with Crippen molar-refractivity contribution in [3.63, 3.8) is 0 Å². The minimum absolute atomic E-state index is 0.0635. The Balaban J connectivity index is 1.49. The maximum absolute atomic E-state index is 14.2. The predicted octanol–water partition coefficient (Wildman–Crippen LogP) is 3.19. The lowest BCUT2D eigenvalue weighted by atomic mass is 10.1. The van der Waals surface area contributed by atoms with Crippen molar-refractivity contribution in [2.24, 2.45) is 0 Å². The molecule has 0 bridgehead atoms. The summed E-state index contributed by atoms with van der Waals surface area (Å²) in [6, 6.07) is 11.0. The van der Waals surface area contributed by atoms with Gasteiger partial charge in [0.25, 0.3) is 11.6 Å². The first-order valence-electron chi connectivity index (χ1n) is 9.53. The third-order valence-electron chi connectivity index (χ3n) is 5.24. The van der Waals surface area contributed by atoms with Gasteiger partial charge in [-0.2, -0.15) is 0 Å². The van der Waals surface area contributed by atoms with E-state index in [4.69, 9.17) is 0 Å². The third kappa shape index (κ3) is 3.61. The Morgan fingerprint density at radius 1 is 1.13 bits per heavy atom. The van der Waals surface area contributed by atoms with Gasteiger partial charge in [-0.15, -0.1) is 0 Å². The molecule has 0 atom stereocenters. The number of nitro benzene ring substituents is 1. The normalized spacial score (nSPS) is 14.1. The number of halogens is 1. The van der Waals surface area contributed by atoms with Crippen molar-refractivity contribution in [2.75, 3.05) is 31.1 Å². The number of hydrogen-bond donors (Lipinski definition) is 0. The molecule has 4 rings (SSSR count). The molecule has 0 saturated carbocycles. The van der Waals surface area contributed by atoms with Gasteiger partial charge in [-0.3, -0.25) is 19.5 Å². The lowest BCUT2D eigenvalue weighted by molar-refractivity contribution is -0.385. The number of anilines is 1. The van der Waals surface area contributed by atoms with Crippen LogP contribution in [0.1, 0.15) is 15.9 Å². The van der Waals surface area contributed by atoms with Gasteiger partial charge < -0.3 is 9.80 Å². The molecule has 1 amide bonds. The Morgan fingerprint density at radius 2 is 1.87 bits per heavy atom. The van der Waals surface area contributed by atoms with Gasteiger partial charge >= 0.3 is 0 Å². The first-order valence-corrected chi connectivity index (χ1v) is 9.53. The van der Waals surface area contributed by atoms with E-state index in [2.05, 4.69) is 4.98 Å². The van der Waals surface area contributed by atoms with Gasteiger partial charge in [-0.25, -0.2) is 9.37 Å². The van der Waals surface area contributed by atoms with Crippen LogP contribution in [0.25, 0.3) is 5.69 Å². The van der Waals surface area contributed by atoms with Crippen LogP contribution < -0.4 is 4.90 Å². The van der Waals surface area contributed by atoms with Crippen LogP contribution in [-0.4, -0.2) is 51.5 Å². The molecule has 8 nitrogen and oxygen atoms in total. The summed E-state index contributed by atoms with van der Waals surface area (Å²) < 4.78 is 15.9. The molecule has 0 radical (unpaired) electrons. The maximum Gasteiger partial charge on any atom is 0.273 e. The number of benzene rings is 2. The molecule has 1 saturated heterocycles. The quantitative estimate of drug-likeness (QED) is 0.488. The third-order valence-corrected chi connectivity index (χ3v) is 5.24. The van der Waals surface area contributed by atoms with Crippen molar-refractivity contribution >= 4 is 17.5 Å². The van der Waals surface area contributed by atoms with Crippen molar-refractivity contribution in [1.82, 2.24) is 14.5 Å². The lowest BCUT2D eigenvalue weighted by Crippen LogP contribution is -2.49. The molecule has 1 fully saturated rings. The van der Waals surface area contributed by atoms with Gasteiger partial charge in [0.05, 0.1) is 10.6 Å². The smallest absolute Gasteiger partial charge is 0.273 e. The maximum atomic E-state index is 14.2. The number of amides is 1. The molecule has 1 aliphatic heterocycles. The summed E-state index contributed by atoms with van der Waals surface area (Å²) in [6.07, 6.45) is 3.32. The van der Waals surface area contributed by atoms with Crippen molar-refractivity contribution in [2.45, 2.75) is 6.92 Å². The largest absolute Gasteiger partial charge is 0.338 e. The minimum Gasteiger partial charge on any atom is -0.338 e. The molecule has 1 aromatic heterocycles. The van der Waals surface area contributed by atoms with E-state index in [-0.39, 0.29) is 17.4 Å². The Bertz CT molecular complexity index is 1110. The van der Waals surface area contributed by atoms with Gasteiger partial charge in [0.15, 0.2) is 0 Å².